The maximum absolute atomic E-state index is 12.7. The number of aryl methyl sites for hydroxylation is 1. The highest BCUT2D eigenvalue weighted by atomic mass is 32.1. The van der Waals surface area contributed by atoms with Crippen LogP contribution in [-0.2, 0) is 4.74 Å². The number of amides is 1. The van der Waals surface area contributed by atoms with E-state index in [-0.39, 0.29) is 5.91 Å². The fourth-order valence-corrected chi connectivity index (χ4v) is 4.14. The quantitative estimate of drug-likeness (QED) is 0.591. The lowest BCUT2D eigenvalue weighted by Gasteiger charge is -2.26. The molecule has 0 spiro atoms. The second-order valence-corrected chi connectivity index (χ2v) is 7.20. The first-order valence-electron chi connectivity index (χ1n) is 8.50. The molecule has 8 heteroatoms. The fraction of sp³-hybridized carbons (Fsp3) is 0.278. The molecule has 1 aromatic carbocycles. The Balaban J connectivity index is 1.55. The maximum atomic E-state index is 12.7. The second-order valence-electron chi connectivity index (χ2n) is 6.32. The summed E-state index contributed by atoms with van der Waals surface area (Å²) in [5.41, 5.74) is 4.24. The Bertz CT molecular complexity index is 1120. The van der Waals surface area contributed by atoms with Gasteiger partial charge in [-0.25, -0.2) is 9.97 Å². The first-order chi connectivity index (χ1) is 12.7. The minimum atomic E-state index is 0.0344. The maximum Gasteiger partial charge on any atom is 0.254 e. The Hall–Kier alpha value is -2.71. The van der Waals surface area contributed by atoms with Gasteiger partial charge in [0.2, 0.25) is 0 Å². The average Bonchev–Trinajstić information content (AvgIpc) is 3.34. The average molecular weight is 367 g/mol. The van der Waals surface area contributed by atoms with Crippen molar-refractivity contribution >= 4 is 33.2 Å². The van der Waals surface area contributed by atoms with Gasteiger partial charge < -0.3 is 14.6 Å². The molecule has 1 amide bonds. The van der Waals surface area contributed by atoms with Gasteiger partial charge in [0.1, 0.15) is 5.69 Å². The van der Waals surface area contributed by atoms with Crippen LogP contribution in [0, 0.1) is 6.92 Å². The Kier molecular flexibility index (Phi) is 3.54. The lowest BCUT2D eigenvalue weighted by molar-refractivity contribution is 0.0303. The molecule has 0 unspecified atom stereocenters. The van der Waals surface area contributed by atoms with Crippen LogP contribution in [0.25, 0.3) is 27.5 Å². The van der Waals surface area contributed by atoms with Gasteiger partial charge in [-0.3, -0.25) is 9.20 Å². The first-order valence-corrected chi connectivity index (χ1v) is 9.38. The van der Waals surface area contributed by atoms with Crippen molar-refractivity contribution in [3.05, 3.63) is 41.0 Å². The van der Waals surface area contributed by atoms with Crippen molar-refractivity contribution in [2.24, 2.45) is 0 Å². The van der Waals surface area contributed by atoms with E-state index in [1.54, 1.807) is 11.3 Å². The molecule has 132 valence electrons. The summed E-state index contributed by atoms with van der Waals surface area (Å²) in [6, 6.07) is 5.61. The van der Waals surface area contributed by atoms with Crippen molar-refractivity contribution in [3.8, 4) is 11.5 Å². The molecular formula is C18H17N5O2S. The molecule has 1 fully saturated rings. The number of fused-ring (bicyclic) bond motifs is 2. The lowest BCUT2D eigenvalue weighted by Crippen LogP contribution is -2.40. The van der Waals surface area contributed by atoms with Crippen molar-refractivity contribution in [1.82, 2.24) is 24.3 Å². The molecular weight excluding hydrogens is 350 g/mol. The van der Waals surface area contributed by atoms with Crippen molar-refractivity contribution in [3.63, 3.8) is 0 Å². The number of ether oxygens (including phenoxy) is 1. The van der Waals surface area contributed by atoms with Gasteiger partial charge in [0, 0.05) is 30.2 Å². The summed E-state index contributed by atoms with van der Waals surface area (Å²) in [6.45, 7) is 4.45. The molecule has 7 nitrogen and oxygen atoms in total. The Morgan fingerprint density at radius 3 is 2.96 bits per heavy atom. The van der Waals surface area contributed by atoms with Gasteiger partial charge >= 0.3 is 0 Å². The van der Waals surface area contributed by atoms with Crippen LogP contribution >= 0.6 is 11.3 Å². The number of aromatic amines is 1. The van der Waals surface area contributed by atoms with Gasteiger partial charge in [-0.1, -0.05) is 0 Å². The van der Waals surface area contributed by atoms with Crippen molar-refractivity contribution < 1.29 is 9.53 Å². The molecule has 5 rings (SSSR count). The number of carbonyl (C=O) groups is 1. The van der Waals surface area contributed by atoms with Gasteiger partial charge in [0.05, 0.1) is 29.9 Å². The van der Waals surface area contributed by atoms with E-state index in [0.29, 0.717) is 31.9 Å². The van der Waals surface area contributed by atoms with Crippen LogP contribution in [0.4, 0.5) is 0 Å². The number of hydrogen-bond acceptors (Lipinski definition) is 5. The summed E-state index contributed by atoms with van der Waals surface area (Å²) in [5, 5.41) is 2.01. The molecule has 1 saturated heterocycles. The van der Waals surface area contributed by atoms with Gasteiger partial charge in [0.25, 0.3) is 5.91 Å². The monoisotopic (exact) mass is 367 g/mol. The molecule has 0 aliphatic carbocycles. The molecule has 3 aromatic heterocycles. The van der Waals surface area contributed by atoms with E-state index < -0.39 is 0 Å². The Morgan fingerprint density at radius 1 is 1.27 bits per heavy atom. The topological polar surface area (TPSA) is 75.5 Å². The normalized spacial score (nSPS) is 15.2. The SMILES string of the molecule is Cc1nc2sccn2c1-c1nc2ccc(C(=O)N3CCOCC3)cc2[nH]1. The molecule has 4 heterocycles. The zero-order valence-electron chi connectivity index (χ0n) is 14.2. The van der Waals surface area contributed by atoms with Gasteiger partial charge in [-0.2, -0.15) is 0 Å². The van der Waals surface area contributed by atoms with E-state index in [4.69, 9.17) is 9.72 Å². The summed E-state index contributed by atoms with van der Waals surface area (Å²) in [5.74, 6) is 0.798. The third-order valence-corrected chi connectivity index (χ3v) is 5.44. The zero-order valence-corrected chi connectivity index (χ0v) is 15.0. The summed E-state index contributed by atoms with van der Waals surface area (Å²) in [6.07, 6.45) is 2.00. The van der Waals surface area contributed by atoms with E-state index in [1.807, 2.05) is 46.0 Å². The summed E-state index contributed by atoms with van der Waals surface area (Å²) in [7, 11) is 0. The Morgan fingerprint density at radius 2 is 2.12 bits per heavy atom. The standard InChI is InChI=1S/C18H17N5O2S/c1-11-15(23-6-9-26-18(23)19-11)16-20-13-3-2-12(10-14(13)21-16)17(24)22-4-7-25-8-5-22/h2-3,6,9-10H,4-5,7-8H2,1H3,(H,20,21). The highest BCUT2D eigenvalue weighted by Crippen LogP contribution is 2.27. The molecule has 1 N–H and O–H groups in total. The molecule has 0 atom stereocenters. The van der Waals surface area contributed by atoms with Gasteiger partial charge in [-0.15, -0.1) is 11.3 Å². The highest BCUT2D eigenvalue weighted by Gasteiger charge is 2.20. The summed E-state index contributed by atoms with van der Waals surface area (Å²) in [4.78, 5) is 28.1. The van der Waals surface area contributed by atoms with E-state index >= 15 is 0 Å². The van der Waals surface area contributed by atoms with Gasteiger partial charge in [-0.05, 0) is 25.1 Å². The number of benzene rings is 1. The summed E-state index contributed by atoms with van der Waals surface area (Å²) < 4.78 is 7.36. The number of hydrogen-bond donors (Lipinski definition) is 1. The van der Waals surface area contributed by atoms with E-state index in [2.05, 4.69) is 9.97 Å². The molecule has 0 bridgehead atoms. The van der Waals surface area contributed by atoms with Crippen molar-refractivity contribution in [2.75, 3.05) is 26.3 Å². The third-order valence-electron chi connectivity index (χ3n) is 4.69. The predicted molar refractivity (Wildman–Crippen MR) is 99.6 cm³/mol. The van der Waals surface area contributed by atoms with E-state index in [0.717, 1.165) is 33.2 Å². The molecule has 0 radical (unpaired) electrons. The van der Waals surface area contributed by atoms with Crippen LogP contribution in [0.1, 0.15) is 16.1 Å². The van der Waals surface area contributed by atoms with E-state index in [9.17, 15) is 4.79 Å². The zero-order chi connectivity index (χ0) is 17.7. The van der Waals surface area contributed by atoms with Crippen LogP contribution in [0.5, 0.6) is 0 Å². The van der Waals surface area contributed by atoms with Crippen LogP contribution in [-0.4, -0.2) is 56.5 Å². The smallest absolute Gasteiger partial charge is 0.254 e. The minimum absolute atomic E-state index is 0.0344. The number of rotatable bonds is 2. The van der Waals surface area contributed by atoms with Crippen LogP contribution < -0.4 is 0 Å². The molecule has 0 saturated carbocycles. The first kappa shape index (κ1) is 15.5. The number of nitrogens with zero attached hydrogens (tertiary/aromatic N) is 4. The molecule has 26 heavy (non-hydrogen) atoms. The number of imidazole rings is 2. The highest BCUT2D eigenvalue weighted by molar-refractivity contribution is 7.15. The summed E-state index contributed by atoms with van der Waals surface area (Å²) >= 11 is 1.60. The molecule has 1 aliphatic rings. The van der Waals surface area contributed by atoms with Crippen LogP contribution in [0.3, 0.4) is 0 Å². The largest absolute Gasteiger partial charge is 0.378 e. The predicted octanol–water partition coefficient (Wildman–Crippen LogP) is 2.72. The fourth-order valence-electron chi connectivity index (χ4n) is 3.38. The van der Waals surface area contributed by atoms with Crippen LogP contribution in [0.15, 0.2) is 29.8 Å². The van der Waals surface area contributed by atoms with Crippen molar-refractivity contribution in [2.45, 2.75) is 6.92 Å². The number of nitrogens with one attached hydrogen (secondary N) is 1. The number of carbonyl (C=O) groups excluding carboxylic acids is 1. The number of H-pyrrole nitrogens is 1. The number of aromatic nitrogens is 4. The lowest BCUT2D eigenvalue weighted by atomic mass is 10.1. The van der Waals surface area contributed by atoms with E-state index in [1.165, 1.54) is 0 Å². The second kappa shape index (κ2) is 5.93. The molecule has 4 aromatic rings. The number of thiazole rings is 1. The minimum Gasteiger partial charge on any atom is -0.378 e. The van der Waals surface area contributed by atoms with Crippen molar-refractivity contribution in [1.29, 1.82) is 0 Å². The number of morpholine rings is 1. The van der Waals surface area contributed by atoms with Gasteiger partial charge in [0.15, 0.2) is 10.8 Å². The van der Waals surface area contributed by atoms with Crippen LogP contribution in [0.2, 0.25) is 0 Å². The Labute approximate surface area is 153 Å². The molecule has 1 aliphatic heterocycles. The third kappa shape index (κ3) is 2.41.